The Morgan fingerprint density at radius 1 is 1.13 bits per heavy atom. The second-order valence-electron chi connectivity index (χ2n) is 7.01. The molecule has 8 nitrogen and oxygen atoms in total. The van der Waals surface area contributed by atoms with E-state index in [1.807, 2.05) is 17.0 Å². The summed E-state index contributed by atoms with van der Waals surface area (Å²) < 4.78 is 0. The van der Waals surface area contributed by atoms with Crippen LogP contribution in [0.3, 0.4) is 0 Å². The lowest BCUT2D eigenvalue weighted by Crippen LogP contribution is -2.22. The van der Waals surface area contributed by atoms with Crippen LogP contribution < -0.4 is 10.2 Å². The predicted molar refractivity (Wildman–Crippen MR) is 117 cm³/mol. The molecule has 1 aliphatic heterocycles. The Hall–Kier alpha value is -2.94. The number of nitrogens with one attached hydrogen (secondary N) is 2. The molecule has 0 bridgehead atoms. The summed E-state index contributed by atoms with van der Waals surface area (Å²) in [6.45, 7) is 1.32. The minimum absolute atomic E-state index is 0.327. The number of imidazole rings is 1. The second kappa shape index (κ2) is 7.71. The van der Waals surface area contributed by atoms with Crippen LogP contribution in [0.15, 0.2) is 42.9 Å². The highest BCUT2D eigenvalue weighted by Crippen LogP contribution is 2.35. The van der Waals surface area contributed by atoms with Crippen LogP contribution in [-0.4, -0.2) is 49.2 Å². The van der Waals surface area contributed by atoms with E-state index in [1.165, 1.54) is 6.33 Å². The van der Waals surface area contributed by atoms with Gasteiger partial charge in [-0.2, -0.15) is 0 Å². The quantitative estimate of drug-likeness (QED) is 0.439. The largest absolute Gasteiger partial charge is 0.391 e. The van der Waals surface area contributed by atoms with E-state index in [0.717, 1.165) is 24.3 Å². The van der Waals surface area contributed by atoms with E-state index in [9.17, 15) is 5.11 Å². The Morgan fingerprint density at radius 2 is 1.97 bits per heavy atom. The molecule has 3 N–H and O–H groups in total. The zero-order valence-electron chi connectivity index (χ0n) is 15.7. The maximum atomic E-state index is 9.78. The third-order valence-electron chi connectivity index (χ3n) is 4.99. The lowest BCUT2D eigenvalue weighted by Gasteiger charge is -2.17. The highest BCUT2D eigenvalue weighted by atomic mass is 35.5. The molecule has 1 aromatic carbocycles. The fraction of sp³-hybridized carbons (Fsp3) is 0.200. The number of rotatable bonds is 4. The van der Waals surface area contributed by atoms with Gasteiger partial charge in [-0.15, -0.1) is 0 Å². The van der Waals surface area contributed by atoms with Crippen molar-refractivity contribution in [2.75, 3.05) is 23.3 Å². The molecule has 1 atom stereocenters. The molecule has 5 rings (SSSR count). The first-order valence-corrected chi connectivity index (χ1v) is 10.2. The Bertz CT molecular complexity index is 1210. The number of aliphatic hydroxyl groups excluding tert-OH is 1. The van der Waals surface area contributed by atoms with Crippen molar-refractivity contribution in [3.05, 3.63) is 52.9 Å². The lowest BCUT2D eigenvalue weighted by molar-refractivity contribution is 0.198. The number of β-amino-alcohol motifs (C(OH)–C–C–N with tert-alkyl or cyclic N) is 1. The van der Waals surface area contributed by atoms with Crippen molar-refractivity contribution >= 4 is 51.7 Å². The van der Waals surface area contributed by atoms with Crippen LogP contribution in [0, 0.1) is 0 Å². The first kappa shape index (κ1) is 19.0. The maximum Gasteiger partial charge on any atom is 0.157 e. The molecule has 3 aromatic heterocycles. The Balaban J connectivity index is 1.49. The van der Waals surface area contributed by atoms with E-state index in [1.54, 1.807) is 24.4 Å². The SMILES string of the molecule is OC1CCN(c2cc(Nc3nccc4nc(-c5c(Cl)cccc5Cl)[nH]c34)ncn2)C1. The molecule has 10 heteroatoms. The Kier molecular flexibility index (Phi) is 4.90. The lowest BCUT2D eigenvalue weighted by atomic mass is 10.2. The fourth-order valence-corrected chi connectivity index (χ4v) is 4.11. The highest BCUT2D eigenvalue weighted by Gasteiger charge is 2.22. The number of aliphatic hydroxyl groups is 1. The van der Waals surface area contributed by atoms with Crippen LogP contribution in [0.5, 0.6) is 0 Å². The molecule has 4 heterocycles. The van der Waals surface area contributed by atoms with Crippen molar-refractivity contribution in [3.63, 3.8) is 0 Å². The van der Waals surface area contributed by atoms with Gasteiger partial charge in [0.15, 0.2) is 5.82 Å². The van der Waals surface area contributed by atoms with E-state index in [4.69, 9.17) is 23.2 Å². The van der Waals surface area contributed by atoms with Gasteiger partial charge in [0.2, 0.25) is 0 Å². The fourth-order valence-electron chi connectivity index (χ4n) is 3.53. The third kappa shape index (κ3) is 3.54. The first-order chi connectivity index (χ1) is 14.6. The van der Waals surface area contributed by atoms with Gasteiger partial charge in [0, 0.05) is 25.4 Å². The molecule has 1 unspecified atom stereocenters. The number of aromatic amines is 1. The summed E-state index contributed by atoms with van der Waals surface area (Å²) in [5.74, 6) is 2.48. The van der Waals surface area contributed by atoms with E-state index in [2.05, 4.69) is 30.2 Å². The molecule has 152 valence electrons. The van der Waals surface area contributed by atoms with Gasteiger partial charge in [0.05, 0.1) is 27.2 Å². The molecule has 0 radical (unpaired) electrons. The molecule has 0 amide bonds. The van der Waals surface area contributed by atoms with Crippen LogP contribution in [0.4, 0.5) is 17.5 Å². The van der Waals surface area contributed by atoms with Crippen molar-refractivity contribution in [2.45, 2.75) is 12.5 Å². The van der Waals surface area contributed by atoms with Gasteiger partial charge >= 0.3 is 0 Å². The van der Waals surface area contributed by atoms with Gasteiger partial charge in [0.1, 0.15) is 29.3 Å². The van der Waals surface area contributed by atoms with Gasteiger partial charge in [-0.1, -0.05) is 29.3 Å². The van der Waals surface area contributed by atoms with Crippen molar-refractivity contribution in [3.8, 4) is 11.4 Å². The number of hydrogen-bond acceptors (Lipinski definition) is 7. The van der Waals surface area contributed by atoms with Crippen LogP contribution in [0.25, 0.3) is 22.4 Å². The maximum absolute atomic E-state index is 9.78. The van der Waals surface area contributed by atoms with E-state index in [0.29, 0.717) is 45.1 Å². The van der Waals surface area contributed by atoms with Gasteiger partial charge < -0.3 is 20.3 Å². The third-order valence-corrected chi connectivity index (χ3v) is 5.62. The van der Waals surface area contributed by atoms with Crippen molar-refractivity contribution in [1.82, 2.24) is 24.9 Å². The summed E-state index contributed by atoms with van der Waals surface area (Å²) in [5, 5.41) is 14.0. The topological polar surface area (TPSA) is 103 Å². The van der Waals surface area contributed by atoms with Gasteiger partial charge in [0.25, 0.3) is 0 Å². The standard InChI is InChI=1S/C20H17Cl2N7O/c21-12-2-1-3-13(22)17(12)19-26-14-4-6-23-20(18(14)28-19)27-15-8-16(25-10-24-15)29-7-5-11(30)9-29/h1-4,6,8,10-11,30H,5,7,9H2,(H,26,28)(H,23,24,25,27). The monoisotopic (exact) mass is 441 g/mol. The molecule has 4 aromatic rings. The number of aromatic nitrogens is 5. The number of benzene rings is 1. The zero-order valence-corrected chi connectivity index (χ0v) is 17.2. The van der Waals surface area contributed by atoms with Crippen molar-refractivity contribution in [1.29, 1.82) is 0 Å². The molecular weight excluding hydrogens is 425 g/mol. The first-order valence-electron chi connectivity index (χ1n) is 9.39. The number of H-pyrrole nitrogens is 1. The second-order valence-corrected chi connectivity index (χ2v) is 7.83. The molecule has 0 spiro atoms. The van der Waals surface area contributed by atoms with Crippen LogP contribution in [-0.2, 0) is 0 Å². The zero-order chi connectivity index (χ0) is 20.7. The summed E-state index contributed by atoms with van der Waals surface area (Å²) in [5.41, 5.74) is 2.07. The number of pyridine rings is 1. The Labute approximate surface area is 181 Å². The Morgan fingerprint density at radius 3 is 2.73 bits per heavy atom. The number of halogens is 2. The summed E-state index contributed by atoms with van der Waals surface area (Å²) in [7, 11) is 0. The number of anilines is 3. The average molecular weight is 442 g/mol. The van der Waals surface area contributed by atoms with Gasteiger partial charge in [-0.3, -0.25) is 0 Å². The minimum Gasteiger partial charge on any atom is -0.391 e. The number of hydrogen-bond donors (Lipinski definition) is 3. The molecular formula is C20H17Cl2N7O. The summed E-state index contributed by atoms with van der Waals surface area (Å²) >= 11 is 12.7. The van der Waals surface area contributed by atoms with E-state index < -0.39 is 0 Å². The van der Waals surface area contributed by atoms with Gasteiger partial charge in [-0.25, -0.2) is 19.9 Å². The van der Waals surface area contributed by atoms with Crippen molar-refractivity contribution < 1.29 is 5.11 Å². The number of nitrogens with zero attached hydrogens (tertiary/aromatic N) is 5. The molecule has 1 saturated heterocycles. The summed E-state index contributed by atoms with van der Waals surface area (Å²) in [4.78, 5) is 23.0. The highest BCUT2D eigenvalue weighted by molar-refractivity contribution is 6.39. The number of fused-ring (bicyclic) bond motifs is 1. The van der Waals surface area contributed by atoms with Crippen LogP contribution >= 0.6 is 23.2 Å². The molecule has 30 heavy (non-hydrogen) atoms. The average Bonchev–Trinajstić information content (AvgIpc) is 3.35. The minimum atomic E-state index is -0.327. The van der Waals surface area contributed by atoms with E-state index in [-0.39, 0.29) is 6.10 Å². The van der Waals surface area contributed by atoms with Crippen LogP contribution in [0.1, 0.15) is 6.42 Å². The molecule has 1 fully saturated rings. The van der Waals surface area contributed by atoms with E-state index >= 15 is 0 Å². The van der Waals surface area contributed by atoms with Gasteiger partial charge in [-0.05, 0) is 24.6 Å². The summed E-state index contributed by atoms with van der Waals surface area (Å²) in [6, 6.07) is 8.97. The molecule has 0 aliphatic carbocycles. The summed E-state index contributed by atoms with van der Waals surface area (Å²) in [6.07, 6.45) is 3.56. The van der Waals surface area contributed by atoms with Crippen LogP contribution in [0.2, 0.25) is 10.0 Å². The molecule has 1 aliphatic rings. The molecule has 0 saturated carbocycles. The normalized spacial score (nSPS) is 16.4. The predicted octanol–water partition coefficient (Wildman–Crippen LogP) is 4.04. The smallest absolute Gasteiger partial charge is 0.157 e. The van der Waals surface area contributed by atoms with Crippen molar-refractivity contribution in [2.24, 2.45) is 0 Å².